The maximum atomic E-state index is 5.73. The third kappa shape index (κ3) is 4.50. The molecule has 8 heteroatoms. The van der Waals surface area contributed by atoms with E-state index in [-0.39, 0.29) is 0 Å². The van der Waals surface area contributed by atoms with Crippen molar-refractivity contribution in [1.82, 2.24) is 0 Å². The Hall–Kier alpha value is -1.64. The normalized spacial score (nSPS) is 10.4. The zero-order valence-electron chi connectivity index (χ0n) is 16.6. The summed E-state index contributed by atoms with van der Waals surface area (Å²) in [6, 6.07) is 7.42. The molecule has 0 fully saturated rings. The summed E-state index contributed by atoms with van der Waals surface area (Å²) in [5.74, 6) is 2.49. The van der Waals surface area contributed by atoms with Crippen LogP contribution >= 0.6 is 0 Å². The molecule has 0 radical (unpaired) electrons. The van der Waals surface area contributed by atoms with Crippen molar-refractivity contribution < 1.29 is 60.1 Å². The molecule has 0 aromatic heterocycles. The van der Waals surface area contributed by atoms with Crippen LogP contribution in [0.25, 0.3) is 11.1 Å². The van der Waals surface area contributed by atoms with Crippen LogP contribution in [0.3, 0.4) is 0 Å². The molecule has 0 saturated heterocycles. The fourth-order valence-electron chi connectivity index (χ4n) is 2.80. The minimum absolute atomic E-state index is 0.576. The summed E-state index contributed by atoms with van der Waals surface area (Å²) < 4.78 is 34.4. The number of benzene rings is 2. The van der Waals surface area contributed by atoms with E-state index in [0.29, 0.717) is 32.1 Å². The van der Waals surface area contributed by atoms with Crippen molar-refractivity contribution >= 4 is 9.13 Å². The Morgan fingerprint density at radius 2 is 0.929 bits per heavy atom. The molecular formula is C20H22Cr2O6. The van der Waals surface area contributed by atoms with Gasteiger partial charge in [0.05, 0.1) is 0 Å². The van der Waals surface area contributed by atoms with Gasteiger partial charge in [0.2, 0.25) is 0 Å². The molecule has 0 unspecified atom stereocenters. The third-order valence-electron chi connectivity index (χ3n) is 4.11. The van der Waals surface area contributed by atoms with Crippen molar-refractivity contribution in [3.8, 4) is 34.1 Å². The molecule has 0 saturated carbocycles. The van der Waals surface area contributed by atoms with Crippen LogP contribution in [0.4, 0.5) is 0 Å². The predicted octanol–water partition coefficient (Wildman–Crippen LogP) is 2.73. The van der Waals surface area contributed by atoms with E-state index in [2.05, 4.69) is 31.7 Å². The Morgan fingerprint density at radius 1 is 0.571 bits per heavy atom. The predicted molar refractivity (Wildman–Crippen MR) is 100 cm³/mol. The van der Waals surface area contributed by atoms with Crippen LogP contribution in [-0.4, -0.2) is 51.8 Å². The van der Waals surface area contributed by atoms with Crippen LogP contribution in [0.2, 0.25) is 0 Å². The molecule has 0 bridgehead atoms. The molecule has 0 aliphatic carbocycles. The standard InChI is InChI=1S/C20H22O6.2Cr/c1-21-11-13-7-15(23-3)9-17(19(13)25-5)18-10-16(24-4)8-14(12-22-2)20(18)26-6;;/h7-10H,1-6H3;;. The van der Waals surface area contributed by atoms with Crippen LogP contribution in [0.15, 0.2) is 24.3 Å². The van der Waals surface area contributed by atoms with Crippen LogP contribution in [0, 0.1) is 0 Å². The molecule has 0 spiro atoms. The molecule has 6 nitrogen and oxygen atoms in total. The molecule has 0 aliphatic rings. The van der Waals surface area contributed by atoms with Crippen molar-refractivity contribution in [3.63, 3.8) is 0 Å². The second-order valence-corrected chi connectivity index (χ2v) is 6.65. The third-order valence-corrected chi connectivity index (χ3v) is 5.31. The molecule has 0 N–H and O–H groups in total. The zero-order chi connectivity index (χ0) is 20.8. The summed E-state index contributed by atoms with van der Waals surface area (Å²) in [6.07, 6.45) is 0. The van der Waals surface area contributed by atoms with E-state index in [4.69, 9.17) is 28.4 Å². The Kier molecular flexibility index (Phi) is 8.28. The molecule has 0 heterocycles. The van der Waals surface area contributed by atoms with Gasteiger partial charge in [-0.25, -0.2) is 0 Å². The fraction of sp³-hybridized carbons (Fsp3) is 0.300. The molecule has 150 valence electrons. The van der Waals surface area contributed by atoms with Crippen molar-refractivity contribution in [2.24, 2.45) is 0 Å². The number of rotatable bonds is 9. The van der Waals surface area contributed by atoms with Gasteiger partial charge in [0.25, 0.3) is 0 Å². The van der Waals surface area contributed by atoms with E-state index in [1.165, 1.54) is 0 Å². The van der Waals surface area contributed by atoms with Gasteiger partial charge in [0.1, 0.15) is 0 Å². The van der Waals surface area contributed by atoms with Gasteiger partial charge >= 0.3 is 181 Å². The molecule has 28 heavy (non-hydrogen) atoms. The van der Waals surface area contributed by atoms with Crippen LogP contribution in [-0.2, 0) is 41.2 Å². The average molecular weight is 462 g/mol. The summed E-state index contributed by atoms with van der Waals surface area (Å²) >= 11 is 5.82. The summed E-state index contributed by atoms with van der Waals surface area (Å²) in [6.45, 7) is 0. The summed E-state index contributed by atoms with van der Waals surface area (Å²) in [5, 5.41) is 0. The summed E-state index contributed by atoms with van der Waals surface area (Å²) in [5.41, 5.74) is 2.96. The van der Waals surface area contributed by atoms with Crippen molar-refractivity contribution in [2.75, 3.05) is 42.7 Å². The Morgan fingerprint density at radius 3 is 1.18 bits per heavy atom. The van der Waals surface area contributed by atoms with Crippen LogP contribution < -0.4 is 18.9 Å². The number of hydrogen-bond donors (Lipinski definition) is 0. The van der Waals surface area contributed by atoms with Gasteiger partial charge in [0, 0.05) is 0 Å². The van der Waals surface area contributed by atoms with Gasteiger partial charge < -0.3 is 0 Å². The molecule has 2 aromatic carbocycles. The first-order valence-electron chi connectivity index (χ1n) is 8.14. The van der Waals surface area contributed by atoms with Gasteiger partial charge in [-0.15, -0.1) is 0 Å². The van der Waals surface area contributed by atoms with E-state index < -0.39 is 0 Å². The van der Waals surface area contributed by atoms with E-state index in [1.807, 2.05) is 24.3 Å². The fourth-order valence-corrected chi connectivity index (χ4v) is 3.28. The number of ether oxygens (including phenoxy) is 6. The summed E-state index contributed by atoms with van der Waals surface area (Å²) in [7, 11) is 9.58. The first-order valence-corrected chi connectivity index (χ1v) is 9.42. The second-order valence-electron chi connectivity index (χ2n) is 5.49. The molecule has 0 atom stereocenters. The zero-order valence-corrected chi connectivity index (χ0v) is 19.1. The van der Waals surface area contributed by atoms with E-state index >= 15 is 0 Å². The van der Waals surface area contributed by atoms with Gasteiger partial charge in [-0.1, -0.05) is 0 Å². The van der Waals surface area contributed by atoms with Gasteiger partial charge in [-0.3, -0.25) is 0 Å². The first-order chi connectivity index (χ1) is 13.4. The van der Waals surface area contributed by atoms with Crippen LogP contribution in [0.1, 0.15) is 11.1 Å². The number of hydrogen-bond acceptors (Lipinski definition) is 6. The molecular weight excluding hydrogens is 440 g/mol. The quantitative estimate of drug-likeness (QED) is 0.572. The van der Waals surface area contributed by atoms with Crippen LogP contribution in [0.5, 0.6) is 23.0 Å². The molecule has 0 amide bonds. The Bertz CT molecular complexity index is 821. The van der Waals surface area contributed by atoms with E-state index in [0.717, 1.165) is 22.3 Å². The van der Waals surface area contributed by atoms with Gasteiger partial charge in [0.15, 0.2) is 0 Å². The molecule has 2 rings (SSSR count). The topological polar surface area (TPSA) is 55.4 Å². The Balaban J connectivity index is 2.93. The average Bonchev–Trinajstić information content (AvgIpc) is 2.75. The number of methoxy groups -OCH3 is 6. The van der Waals surface area contributed by atoms with Crippen molar-refractivity contribution in [2.45, 2.75) is 0 Å². The maximum absolute atomic E-state index is 5.73. The molecule has 0 aliphatic heterocycles. The molecule has 2 aromatic rings. The van der Waals surface area contributed by atoms with Gasteiger partial charge in [-0.05, 0) is 0 Å². The Labute approximate surface area is 181 Å². The summed E-state index contributed by atoms with van der Waals surface area (Å²) in [4.78, 5) is 0. The SMILES string of the molecule is CO[C](=[Cr])c1cc(OC)cc(-c2cc(OC)cc([C](=[Cr])OC)c2OC)c1OC. The van der Waals surface area contributed by atoms with E-state index in [9.17, 15) is 0 Å². The first kappa shape index (κ1) is 22.7. The monoisotopic (exact) mass is 462 g/mol. The van der Waals surface area contributed by atoms with E-state index in [1.54, 1.807) is 42.7 Å². The van der Waals surface area contributed by atoms with Crippen molar-refractivity contribution in [1.29, 1.82) is 0 Å². The van der Waals surface area contributed by atoms with Crippen molar-refractivity contribution in [3.05, 3.63) is 35.4 Å². The second kappa shape index (κ2) is 10.2. The van der Waals surface area contributed by atoms with Gasteiger partial charge in [-0.2, -0.15) is 0 Å². The minimum atomic E-state index is 0.576.